The van der Waals surface area contributed by atoms with Gasteiger partial charge in [0.05, 0.1) is 32.4 Å². The Labute approximate surface area is 168 Å². The van der Waals surface area contributed by atoms with Crippen molar-refractivity contribution in [1.29, 1.82) is 0 Å². The van der Waals surface area contributed by atoms with Crippen molar-refractivity contribution in [3.8, 4) is 0 Å². The van der Waals surface area contributed by atoms with Crippen molar-refractivity contribution < 1.29 is 13.9 Å². The molecule has 4 heterocycles. The molecular weight excluding hydrogens is 356 g/mol. The monoisotopic (exact) mass is 390 g/mol. The van der Waals surface area contributed by atoms with E-state index in [4.69, 9.17) is 18.9 Å². The maximum absolute atomic E-state index is 5.99. The van der Waals surface area contributed by atoms with Gasteiger partial charge in [0.15, 0.2) is 5.96 Å². The largest absolute Gasteiger partial charge is 0.465 e. The molecule has 7 nitrogen and oxygen atoms in total. The Morgan fingerprint density at radius 1 is 1.18 bits per heavy atom. The molecule has 3 saturated heterocycles. The number of likely N-dealkylation sites (tertiary alicyclic amines) is 1. The fourth-order valence-electron chi connectivity index (χ4n) is 4.59. The summed E-state index contributed by atoms with van der Waals surface area (Å²) in [5.74, 6) is 2.97. The summed E-state index contributed by atoms with van der Waals surface area (Å²) in [6.07, 6.45) is 2.37. The zero-order valence-electron chi connectivity index (χ0n) is 17.3. The average molecular weight is 391 g/mol. The molecule has 4 rings (SSSR count). The van der Waals surface area contributed by atoms with Gasteiger partial charge in [-0.15, -0.1) is 0 Å². The van der Waals surface area contributed by atoms with Crippen molar-refractivity contribution in [3.63, 3.8) is 0 Å². The first-order chi connectivity index (χ1) is 13.7. The van der Waals surface area contributed by atoms with Gasteiger partial charge >= 0.3 is 0 Å². The Morgan fingerprint density at radius 2 is 2.04 bits per heavy atom. The minimum absolute atomic E-state index is 0.151. The Kier molecular flexibility index (Phi) is 6.23. The van der Waals surface area contributed by atoms with Crippen LogP contribution < -0.4 is 5.32 Å². The molecule has 0 radical (unpaired) electrons. The van der Waals surface area contributed by atoms with Crippen LogP contribution in [-0.2, 0) is 9.47 Å². The highest BCUT2D eigenvalue weighted by Gasteiger charge is 2.42. The molecule has 3 aliphatic rings. The molecule has 156 valence electrons. The van der Waals surface area contributed by atoms with Crippen molar-refractivity contribution in [2.24, 2.45) is 10.4 Å². The van der Waals surface area contributed by atoms with Crippen LogP contribution in [-0.4, -0.2) is 81.5 Å². The minimum atomic E-state index is 0.151. The van der Waals surface area contributed by atoms with E-state index in [1.165, 1.54) is 12.8 Å². The van der Waals surface area contributed by atoms with Gasteiger partial charge in [-0.2, -0.15) is 0 Å². The summed E-state index contributed by atoms with van der Waals surface area (Å²) in [5.41, 5.74) is 0.331. The third-order valence-corrected chi connectivity index (χ3v) is 6.25. The highest BCUT2D eigenvalue weighted by Crippen LogP contribution is 2.38. The highest BCUT2D eigenvalue weighted by atomic mass is 16.5. The molecule has 3 fully saturated rings. The first kappa shape index (κ1) is 19.7. The van der Waals surface area contributed by atoms with Gasteiger partial charge in [0.1, 0.15) is 11.5 Å². The van der Waals surface area contributed by atoms with Gasteiger partial charge < -0.3 is 24.1 Å². The van der Waals surface area contributed by atoms with Crippen molar-refractivity contribution in [2.75, 3.05) is 65.7 Å². The van der Waals surface area contributed by atoms with Gasteiger partial charge in [-0.3, -0.25) is 9.89 Å². The van der Waals surface area contributed by atoms with Crippen molar-refractivity contribution in [1.82, 2.24) is 15.1 Å². The molecule has 0 aliphatic carbocycles. The maximum atomic E-state index is 5.99. The number of rotatable bonds is 5. The predicted molar refractivity (Wildman–Crippen MR) is 109 cm³/mol. The molecule has 0 amide bonds. The Balaban J connectivity index is 1.49. The van der Waals surface area contributed by atoms with Crippen LogP contribution in [0, 0.1) is 12.3 Å². The van der Waals surface area contributed by atoms with Crippen molar-refractivity contribution >= 4 is 5.96 Å². The summed E-state index contributed by atoms with van der Waals surface area (Å²) in [6.45, 7) is 13.0. The smallest absolute Gasteiger partial charge is 0.194 e. The van der Waals surface area contributed by atoms with Crippen LogP contribution in [0.5, 0.6) is 0 Å². The molecular formula is C21H34N4O3. The molecule has 2 atom stereocenters. The fraction of sp³-hybridized carbons (Fsp3) is 0.762. The van der Waals surface area contributed by atoms with Crippen LogP contribution in [0.3, 0.4) is 0 Å². The van der Waals surface area contributed by atoms with Crippen LogP contribution >= 0.6 is 0 Å². The molecule has 28 heavy (non-hydrogen) atoms. The number of aryl methyl sites for hydroxylation is 1. The number of furan rings is 1. The second kappa shape index (κ2) is 8.84. The second-order valence-corrected chi connectivity index (χ2v) is 8.28. The van der Waals surface area contributed by atoms with Gasteiger partial charge in [-0.25, -0.2) is 0 Å². The summed E-state index contributed by atoms with van der Waals surface area (Å²) >= 11 is 0. The molecule has 1 aromatic heterocycles. The van der Waals surface area contributed by atoms with Crippen LogP contribution in [0.1, 0.15) is 37.3 Å². The number of aliphatic imine (C=N–C) groups is 1. The van der Waals surface area contributed by atoms with E-state index in [0.717, 1.165) is 76.6 Å². The molecule has 1 N–H and O–H groups in total. The number of hydrogen-bond donors (Lipinski definition) is 1. The second-order valence-electron chi connectivity index (χ2n) is 8.28. The van der Waals surface area contributed by atoms with Gasteiger partial charge in [0.2, 0.25) is 0 Å². The van der Waals surface area contributed by atoms with Gasteiger partial charge in [-0.1, -0.05) is 0 Å². The van der Waals surface area contributed by atoms with Gasteiger partial charge in [-0.05, 0) is 38.8 Å². The summed E-state index contributed by atoms with van der Waals surface area (Å²) in [6, 6.07) is 4.29. The third kappa shape index (κ3) is 4.36. The van der Waals surface area contributed by atoms with Gasteiger partial charge in [0.25, 0.3) is 0 Å². The fourth-order valence-corrected chi connectivity index (χ4v) is 4.59. The number of nitrogens with one attached hydrogen (secondary N) is 1. The lowest BCUT2D eigenvalue weighted by Gasteiger charge is -2.33. The van der Waals surface area contributed by atoms with Crippen LogP contribution in [0.15, 0.2) is 21.5 Å². The number of guanidine groups is 1. The molecule has 0 aromatic carbocycles. The molecule has 0 saturated carbocycles. The van der Waals surface area contributed by atoms with E-state index in [2.05, 4.69) is 28.1 Å². The summed E-state index contributed by atoms with van der Waals surface area (Å²) in [4.78, 5) is 9.91. The zero-order chi connectivity index (χ0) is 19.4. The van der Waals surface area contributed by atoms with Crippen molar-refractivity contribution in [2.45, 2.75) is 32.7 Å². The summed E-state index contributed by atoms with van der Waals surface area (Å²) in [7, 11) is 0. The van der Waals surface area contributed by atoms with Crippen LogP contribution in [0.2, 0.25) is 0 Å². The molecule has 1 spiro atoms. The number of hydrogen-bond acceptors (Lipinski definition) is 5. The van der Waals surface area contributed by atoms with E-state index in [0.29, 0.717) is 12.0 Å². The van der Waals surface area contributed by atoms with Crippen LogP contribution in [0.4, 0.5) is 0 Å². The average Bonchev–Trinajstić information content (AvgIpc) is 3.45. The normalized spacial score (nSPS) is 27.6. The Hall–Kier alpha value is -1.57. The lowest BCUT2D eigenvalue weighted by molar-refractivity contribution is 0.0135. The predicted octanol–water partition coefficient (Wildman–Crippen LogP) is 2.04. The third-order valence-electron chi connectivity index (χ3n) is 6.25. The first-order valence-electron chi connectivity index (χ1n) is 10.7. The lowest BCUT2D eigenvalue weighted by Crippen LogP contribution is -2.43. The highest BCUT2D eigenvalue weighted by molar-refractivity contribution is 5.80. The maximum Gasteiger partial charge on any atom is 0.194 e. The number of morpholine rings is 1. The van der Waals surface area contributed by atoms with E-state index in [9.17, 15) is 0 Å². The molecule has 3 aliphatic heterocycles. The van der Waals surface area contributed by atoms with Crippen molar-refractivity contribution in [3.05, 3.63) is 23.7 Å². The molecule has 0 bridgehead atoms. The number of nitrogens with zero attached hydrogens (tertiary/aromatic N) is 3. The molecule has 2 unspecified atom stereocenters. The standard InChI is InChI=1S/C21H34N4O3/c1-3-22-20(25-8-6-21(15-25)7-11-27-16-21)23-14-18(19-5-4-17(2)28-19)24-9-12-26-13-10-24/h4-5,18H,3,6-16H2,1-2H3,(H,22,23). The minimum Gasteiger partial charge on any atom is -0.465 e. The Bertz CT molecular complexity index is 662. The van der Waals surface area contributed by atoms with E-state index in [1.54, 1.807) is 0 Å². The summed E-state index contributed by atoms with van der Waals surface area (Å²) < 4.78 is 17.2. The van der Waals surface area contributed by atoms with E-state index >= 15 is 0 Å². The molecule has 7 heteroatoms. The van der Waals surface area contributed by atoms with E-state index in [-0.39, 0.29) is 6.04 Å². The first-order valence-corrected chi connectivity index (χ1v) is 10.7. The quantitative estimate of drug-likeness (QED) is 0.613. The lowest BCUT2D eigenvalue weighted by atomic mass is 9.87. The molecule has 1 aromatic rings. The van der Waals surface area contributed by atoms with Crippen LogP contribution in [0.25, 0.3) is 0 Å². The van der Waals surface area contributed by atoms with Gasteiger partial charge in [0, 0.05) is 44.7 Å². The zero-order valence-corrected chi connectivity index (χ0v) is 17.3. The van der Waals surface area contributed by atoms with E-state index < -0.39 is 0 Å². The summed E-state index contributed by atoms with van der Waals surface area (Å²) in [5, 5.41) is 3.51. The topological polar surface area (TPSA) is 62.5 Å². The van der Waals surface area contributed by atoms with E-state index in [1.807, 2.05) is 13.0 Å². The SMILES string of the molecule is CCNC(=NCC(c1ccc(C)o1)N1CCOCC1)N1CCC2(CCOC2)C1. The number of ether oxygens (including phenoxy) is 2. The Morgan fingerprint density at radius 3 is 2.71 bits per heavy atom.